The third-order valence-electron chi connectivity index (χ3n) is 16.6. The van der Waals surface area contributed by atoms with Crippen LogP contribution >= 0.6 is 0 Å². The van der Waals surface area contributed by atoms with E-state index < -0.39 is 0 Å². The van der Waals surface area contributed by atoms with E-state index in [4.69, 9.17) is 6.58 Å². The average Bonchev–Trinajstić information content (AvgIpc) is 3.33. The third kappa shape index (κ3) is 3.58. The first kappa shape index (κ1) is 28.4. The van der Waals surface area contributed by atoms with Gasteiger partial charge in [0, 0.05) is 26.2 Å². The van der Waals surface area contributed by atoms with Crippen molar-refractivity contribution in [2.75, 3.05) is 52.4 Å². The molecule has 3 saturated heterocycles. The lowest BCUT2D eigenvalue weighted by Gasteiger charge is -2.73. The molecule has 2 N–H and O–H groups in total. The monoisotopic (exact) mass is 553 g/mol. The SMILES string of the molecule is C=C(C[N+]12CCN(CC1)CC2)[C@@H]1CC[C@]2(CO)CC[C@]3(C)C(CCC4[C@@]5(C)CC[C@H](O)C(C)(C)C5CC[C@]43C)C12. The Morgan fingerprint density at radius 3 is 2.17 bits per heavy atom. The highest BCUT2D eigenvalue weighted by Crippen LogP contribution is 2.77. The molecule has 3 heterocycles. The first-order valence-corrected chi connectivity index (χ1v) is 17.4. The van der Waals surface area contributed by atoms with Gasteiger partial charge in [0.15, 0.2) is 0 Å². The molecule has 3 aliphatic heterocycles. The number of nitrogens with zero attached hydrogens (tertiary/aromatic N) is 2. The van der Waals surface area contributed by atoms with Gasteiger partial charge < -0.3 is 14.7 Å². The number of piperazine rings is 3. The lowest BCUT2D eigenvalue weighted by atomic mass is 9.32. The van der Waals surface area contributed by atoms with E-state index in [-0.39, 0.29) is 16.9 Å². The maximum atomic E-state index is 11.1. The Balaban J connectivity index is 1.20. The van der Waals surface area contributed by atoms with E-state index in [2.05, 4.69) is 39.5 Å². The van der Waals surface area contributed by atoms with Crippen molar-refractivity contribution in [2.45, 2.75) is 105 Å². The van der Waals surface area contributed by atoms with Gasteiger partial charge in [-0.25, -0.2) is 0 Å². The van der Waals surface area contributed by atoms with Gasteiger partial charge in [0.25, 0.3) is 0 Å². The highest BCUT2D eigenvalue weighted by molar-refractivity contribution is 5.22. The van der Waals surface area contributed by atoms with Crippen LogP contribution in [-0.2, 0) is 0 Å². The molecular weight excluding hydrogens is 492 g/mol. The van der Waals surface area contributed by atoms with E-state index >= 15 is 0 Å². The van der Waals surface area contributed by atoms with Crippen LogP contribution in [0.2, 0.25) is 0 Å². The van der Waals surface area contributed by atoms with Crippen LogP contribution in [0, 0.1) is 56.7 Å². The Morgan fingerprint density at radius 2 is 1.50 bits per heavy atom. The van der Waals surface area contributed by atoms with Crippen LogP contribution in [-0.4, -0.2) is 78.1 Å². The molecule has 10 atom stereocenters. The summed E-state index contributed by atoms with van der Waals surface area (Å²) in [5.41, 5.74) is 2.71. The molecule has 2 bridgehead atoms. The highest BCUT2D eigenvalue weighted by atomic mass is 16.3. The summed E-state index contributed by atoms with van der Waals surface area (Å²) < 4.78 is 1.29. The molecule has 5 saturated carbocycles. The second kappa shape index (κ2) is 9.05. The van der Waals surface area contributed by atoms with Gasteiger partial charge in [-0.05, 0) is 126 Å². The summed E-state index contributed by atoms with van der Waals surface area (Å²) in [6.07, 6.45) is 12.3. The van der Waals surface area contributed by atoms with Gasteiger partial charge in [0.05, 0.1) is 25.7 Å². The van der Waals surface area contributed by atoms with Crippen LogP contribution in [0.3, 0.4) is 0 Å². The Bertz CT molecular complexity index is 1020. The first-order valence-electron chi connectivity index (χ1n) is 17.4. The Kier molecular flexibility index (Phi) is 6.42. The van der Waals surface area contributed by atoms with Crippen molar-refractivity contribution < 1.29 is 14.7 Å². The summed E-state index contributed by atoms with van der Waals surface area (Å²) in [5.74, 6) is 3.29. The van der Waals surface area contributed by atoms with Gasteiger partial charge >= 0.3 is 0 Å². The van der Waals surface area contributed by atoms with Crippen molar-refractivity contribution in [3.63, 3.8) is 0 Å². The van der Waals surface area contributed by atoms with Crippen molar-refractivity contribution in [3.8, 4) is 0 Å². The molecule has 8 aliphatic rings. The van der Waals surface area contributed by atoms with Crippen LogP contribution in [0.5, 0.6) is 0 Å². The zero-order valence-corrected chi connectivity index (χ0v) is 26.7. The quantitative estimate of drug-likeness (QED) is 0.325. The van der Waals surface area contributed by atoms with E-state index in [1.165, 1.54) is 108 Å². The number of hydrogen-bond donors (Lipinski definition) is 2. The second-order valence-corrected chi connectivity index (χ2v) is 17.9. The van der Waals surface area contributed by atoms with Gasteiger partial charge in [-0.3, -0.25) is 4.90 Å². The molecule has 40 heavy (non-hydrogen) atoms. The predicted octanol–water partition coefficient (Wildman–Crippen LogP) is 6.12. The van der Waals surface area contributed by atoms with Crippen molar-refractivity contribution in [1.82, 2.24) is 4.90 Å². The lowest BCUT2D eigenvalue weighted by Crippen LogP contribution is -2.68. The Morgan fingerprint density at radius 1 is 0.800 bits per heavy atom. The minimum Gasteiger partial charge on any atom is -0.396 e. The maximum Gasteiger partial charge on any atom is 0.100 e. The van der Waals surface area contributed by atoms with Crippen LogP contribution < -0.4 is 0 Å². The van der Waals surface area contributed by atoms with Gasteiger partial charge in [-0.2, -0.15) is 0 Å². The van der Waals surface area contributed by atoms with E-state index in [1.54, 1.807) is 5.57 Å². The van der Waals surface area contributed by atoms with Crippen LogP contribution in [0.15, 0.2) is 12.2 Å². The van der Waals surface area contributed by atoms with Crippen molar-refractivity contribution >= 4 is 0 Å². The molecule has 4 nitrogen and oxygen atoms in total. The fourth-order valence-corrected chi connectivity index (χ4v) is 14.0. The van der Waals surface area contributed by atoms with Gasteiger partial charge in [0.2, 0.25) is 0 Å². The van der Waals surface area contributed by atoms with Gasteiger partial charge in [0.1, 0.15) is 6.54 Å². The minimum atomic E-state index is -0.152. The molecule has 4 unspecified atom stereocenters. The largest absolute Gasteiger partial charge is 0.396 e. The summed E-state index contributed by atoms with van der Waals surface area (Å²) in [4.78, 5) is 2.66. The maximum absolute atomic E-state index is 11.1. The normalized spacial score (nSPS) is 56.5. The zero-order valence-electron chi connectivity index (χ0n) is 26.7. The standard InChI is InChI=1S/C36H61N2O2/c1-25(23-38-20-17-37(18-21-38)19-22-38)26-9-14-36(24-39)16-15-34(5)27(31(26)36)7-8-29-33(4)12-11-30(40)32(2,3)28(33)10-13-35(29,34)6/h26-31,39-40H,1,7-24H2,2-6H3/q+1/t26-,27?,28?,29?,30-,31?,33-,34+,35+,36+/m0/s1. The molecule has 0 amide bonds. The fourth-order valence-electron chi connectivity index (χ4n) is 14.0. The molecule has 0 aromatic heterocycles. The summed E-state index contributed by atoms with van der Waals surface area (Å²) in [5, 5.41) is 22.1. The lowest BCUT2D eigenvalue weighted by molar-refractivity contribution is -0.937. The molecule has 0 radical (unpaired) electrons. The Hall–Kier alpha value is -0.420. The fraction of sp³-hybridized carbons (Fsp3) is 0.944. The predicted molar refractivity (Wildman–Crippen MR) is 163 cm³/mol. The molecule has 0 aromatic carbocycles. The first-order chi connectivity index (χ1) is 18.8. The van der Waals surface area contributed by atoms with Crippen molar-refractivity contribution in [2.24, 2.45) is 56.7 Å². The Labute approximate surface area is 245 Å². The van der Waals surface area contributed by atoms with E-state index in [0.29, 0.717) is 46.5 Å². The molecular formula is C36H61N2O2+. The van der Waals surface area contributed by atoms with Crippen molar-refractivity contribution in [1.29, 1.82) is 0 Å². The summed E-state index contributed by atoms with van der Waals surface area (Å²) in [6.45, 7) is 27.1. The molecule has 5 aliphatic carbocycles. The van der Waals surface area contributed by atoms with E-state index in [9.17, 15) is 10.2 Å². The molecule has 226 valence electrons. The summed E-state index contributed by atoms with van der Waals surface area (Å²) in [7, 11) is 0. The summed E-state index contributed by atoms with van der Waals surface area (Å²) in [6, 6.07) is 0. The smallest absolute Gasteiger partial charge is 0.100 e. The number of aliphatic hydroxyl groups excluding tert-OH is 2. The average molecular weight is 554 g/mol. The van der Waals surface area contributed by atoms with Gasteiger partial charge in [-0.15, -0.1) is 0 Å². The minimum absolute atomic E-state index is 0.0198. The number of fused-ring (bicyclic) bond motifs is 10. The van der Waals surface area contributed by atoms with Crippen LogP contribution in [0.25, 0.3) is 0 Å². The molecule has 8 rings (SSSR count). The molecule has 0 spiro atoms. The number of hydrogen-bond acceptors (Lipinski definition) is 3. The molecule has 0 aromatic rings. The zero-order chi connectivity index (χ0) is 28.3. The van der Waals surface area contributed by atoms with Gasteiger partial charge in [-0.1, -0.05) is 41.2 Å². The van der Waals surface area contributed by atoms with Crippen LogP contribution in [0.4, 0.5) is 0 Å². The highest BCUT2D eigenvalue weighted by Gasteiger charge is 2.71. The third-order valence-corrected chi connectivity index (χ3v) is 16.6. The number of quaternary nitrogens is 1. The number of rotatable bonds is 4. The van der Waals surface area contributed by atoms with E-state index in [1.807, 2.05) is 0 Å². The van der Waals surface area contributed by atoms with Crippen molar-refractivity contribution in [3.05, 3.63) is 12.2 Å². The molecule has 4 heteroatoms. The number of aliphatic hydroxyl groups is 2. The summed E-state index contributed by atoms with van der Waals surface area (Å²) >= 11 is 0. The molecule has 8 fully saturated rings. The second-order valence-electron chi connectivity index (χ2n) is 17.9. The van der Waals surface area contributed by atoms with E-state index in [0.717, 1.165) is 12.3 Å². The van der Waals surface area contributed by atoms with Crippen LogP contribution in [0.1, 0.15) is 98.8 Å². The topological polar surface area (TPSA) is 43.7 Å².